The molecule has 21 heavy (non-hydrogen) atoms. The van der Waals surface area contributed by atoms with Crippen LogP contribution in [-0.4, -0.2) is 20.0 Å². The topological polar surface area (TPSA) is 53.7 Å². The average Bonchev–Trinajstić information content (AvgIpc) is 2.97. The summed E-state index contributed by atoms with van der Waals surface area (Å²) in [5.41, 5.74) is 7.22. The van der Waals surface area contributed by atoms with Crippen LogP contribution in [0.5, 0.6) is 11.5 Å². The molecule has 0 bridgehead atoms. The standard InChI is InChI=1S/C17H27NO3/c1-3-5-6-13(4-2)10-19-11-15(18)14-7-8-16-17(9-14)21-12-20-16/h7-9,13,15H,3-6,10-12,18H2,1-2H3. The molecule has 2 rings (SSSR count). The Morgan fingerprint density at radius 1 is 1.19 bits per heavy atom. The number of fused-ring (bicyclic) bond motifs is 1. The summed E-state index contributed by atoms with van der Waals surface area (Å²) in [5, 5.41) is 0. The van der Waals surface area contributed by atoms with Gasteiger partial charge in [0, 0.05) is 6.61 Å². The fourth-order valence-electron chi connectivity index (χ4n) is 2.50. The number of benzene rings is 1. The lowest BCUT2D eigenvalue weighted by molar-refractivity contribution is 0.0837. The molecule has 1 heterocycles. The molecule has 0 aliphatic carbocycles. The molecule has 0 amide bonds. The van der Waals surface area contributed by atoms with Crippen molar-refractivity contribution in [2.24, 2.45) is 11.7 Å². The monoisotopic (exact) mass is 293 g/mol. The minimum absolute atomic E-state index is 0.122. The highest BCUT2D eigenvalue weighted by atomic mass is 16.7. The Bertz CT molecular complexity index is 436. The molecule has 0 saturated heterocycles. The van der Waals surface area contributed by atoms with Gasteiger partial charge in [-0.05, 0) is 30.0 Å². The summed E-state index contributed by atoms with van der Waals surface area (Å²) in [6, 6.07) is 5.72. The van der Waals surface area contributed by atoms with E-state index >= 15 is 0 Å². The van der Waals surface area contributed by atoms with Crippen LogP contribution < -0.4 is 15.2 Å². The molecule has 2 atom stereocenters. The second-order valence-electron chi connectivity index (χ2n) is 5.67. The fourth-order valence-corrected chi connectivity index (χ4v) is 2.50. The highest BCUT2D eigenvalue weighted by molar-refractivity contribution is 5.45. The van der Waals surface area contributed by atoms with Crippen molar-refractivity contribution in [3.05, 3.63) is 23.8 Å². The third kappa shape index (κ3) is 4.61. The Balaban J connectivity index is 1.77. The molecule has 0 saturated carbocycles. The zero-order valence-corrected chi connectivity index (χ0v) is 13.1. The van der Waals surface area contributed by atoms with Crippen molar-refractivity contribution in [1.82, 2.24) is 0 Å². The lowest BCUT2D eigenvalue weighted by Gasteiger charge is -2.17. The lowest BCUT2D eigenvalue weighted by atomic mass is 10.0. The number of unbranched alkanes of at least 4 members (excludes halogenated alkanes) is 1. The molecule has 0 spiro atoms. The van der Waals surface area contributed by atoms with Gasteiger partial charge in [0.2, 0.25) is 6.79 Å². The van der Waals surface area contributed by atoms with Crippen molar-refractivity contribution >= 4 is 0 Å². The lowest BCUT2D eigenvalue weighted by Crippen LogP contribution is -2.19. The van der Waals surface area contributed by atoms with Gasteiger partial charge in [-0.3, -0.25) is 0 Å². The number of hydrogen-bond acceptors (Lipinski definition) is 4. The zero-order chi connectivity index (χ0) is 15.1. The molecule has 2 unspecified atom stereocenters. The van der Waals surface area contributed by atoms with E-state index in [1.165, 1.54) is 25.7 Å². The van der Waals surface area contributed by atoms with Gasteiger partial charge in [-0.2, -0.15) is 0 Å². The molecule has 1 aliphatic rings. The van der Waals surface area contributed by atoms with Crippen LogP contribution in [0.4, 0.5) is 0 Å². The summed E-state index contributed by atoms with van der Waals surface area (Å²) in [5.74, 6) is 2.21. The van der Waals surface area contributed by atoms with E-state index in [4.69, 9.17) is 19.9 Å². The van der Waals surface area contributed by atoms with Gasteiger partial charge in [-0.25, -0.2) is 0 Å². The van der Waals surface area contributed by atoms with Crippen LogP contribution in [0.1, 0.15) is 51.1 Å². The zero-order valence-electron chi connectivity index (χ0n) is 13.1. The second-order valence-corrected chi connectivity index (χ2v) is 5.67. The second kappa shape index (κ2) is 8.25. The minimum Gasteiger partial charge on any atom is -0.454 e. The van der Waals surface area contributed by atoms with Crippen LogP contribution in [0.15, 0.2) is 18.2 Å². The largest absolute Gasteiger partial charge is 0.454 e. The molecule has 1 aliphatic heterocycles. The third-order valence-electron chi connectivity index (χ3n) is 4.02. The molecule has 118 valence electrons. The van der Waals surface area contributed by atoms with Crippen LogP contribution in [0.2, 0.25) is 0 Å². The summed E-state index contributed by atoms with van der Waals surface area (Å²) in [6.07, 6.45) is 4.93. The molecule has 0 radical (unpaired) electrons. The van der Waals surface area contributed by atoms with E-state index in [0.29, 0.717) is 19.3 Å². The maximum Gasteiger partial charge on any atom is 0.231 e. The molecular weight excluding hydrogens is 266 g/mol. The van der Waals surface area contributed by atoms with E-state index in [1.54, 1.807) is 0 Å². The maximum atomic E-state index is 6.20. The molecule has 1 aromatic rings. The quantitative estimate of drug-likeness (QED) is 0.755. The summed E-state index contributed by atoms with van der Waals surface area (Å²) >= 11 is 0. The first-order chi connectivity index (χ1) is 10.2. The van der Waals surface area contributed by atoms with E-state index in [9.17, 15) is 0 Å². The summed E-state index contributed by atoms with van der Waals surface area (Å²) in [7, 11) is 0. The molecule has 4 nitrogen and oxygen atoms in total. The summed E-state index contributed by atoms with van der Waals surface area (Å²) in [4.78, 5) is 0. The SMILES string of the molecule is CCCCC(CC)COCC(N)c1ccc2c(c1)OCO2. The Hall–Kier alpha value is -1.26. The predicted octanol–water partition coefficient (Wildman–Crippen LogP) is 3.65. The smallest absolute Gasteiger partial charge is 0.231 e. The minimum atomic E-state index is -0.122. The predicted molar refractivity (Wildman–Crippen MR) is 83.6 cm³/mol. The van der Waals surface area contributed by atoms with E-state index in [0.717, 1.165) is 23.7 Å². The van der Waals surface area contributed by atoms with Gasteiger partial charge in [0.15, 0.2) is 11.5 Å². The Labute approximate surface area is 127 Å². The van der Waals surface area contributed by atoms with Crippen LogP contribution in [0.3, 0.4) is 0 Å². The Kier molecular flexibility index (Phi) is 6.33. The van der Waals surface area contributed by atoms with Crippen molar-refractivity contribution in [1.29, 1.82) is 0 Å². The first-order valence-electron chi connectivity index (χ1n) is 7.97. The van der Waals surface area contributed by atoms with Crippen LogP contribution in [0, 0.1) is 5.92 Å². The highest BCUT2D eigenvalue weighted by Crippen LogP contribution is 2.33. The van der Waals surface area contributed by atoms with Gasteiger partial charge >= 0.3 is 0 Å². The van der Waals surface area contributed by atoms with Crippen molar-refractivity contribution < 1.29 is 14.2 Å². The van der Waals surface area contributed by atoms with Crippen molar-refractivity contribution in [2.45, 2.75) is 45.6 Å². The molecule has 0 aromatic heterocycles. The van der Waals surface area contributed by atoms with Gasteiger partial charge in [0.05, 0.1) is 12.6 Å². The van der Waals surface area contributed by atoms with Gasteiger partial charge in [-0.15, -0.1) is 0 Å². The first kappa shape index (κ1) is 16.1. The van der Waals surface area contributed by atoms with E-state index in [1.807, 2.05) is 18.2 Å². The summed E-state index contributed by atoms with van der Waals surface area (Å²) < 4.78 is 16.5. The van der Waals surface area contributed by atoms with E-state index in [-0.39, 0.29) is 6.04 Å². The van der Waals surface area contributed by atoms with Crippen molar-refractivity contribution in [3.8, 4) is 11.5 Å². The molecular formula is C17H27NO3. The molecule has 2 N–H and O–H groups in total. The normalized spacial score (nSPS) is 16.0. The van der Waals surface area contributed by atoms with Gasteiger partial charge in [-0.1, -0.05) is 39.2 Å². The van der Waals surface area contributed by atoms with Crippen LogP contribution >= 0.6 is 0 Å². The highest BCUT2D eigenvalue weighted by Gasteiger charge is 2.16. The molecule has 4 heteroatoms. The first-order valence-corrected chi connectivity index (χ1v) is 7.97. The van der Waals surface area contributed by atoms with Gasteiger partial charge in [0.1, 0.15) is 0 Å². The fraction of sp³-hybridized carbons (Fsp3) is 0.647. The van der Waals surface area contributed by atoms with Crippen molar-refractivity contribution in [3.63, 3.8) is 0 Å². The number of nitrogens with two attached hydrogens (primary N) is 1. The number of hydrogen-bond donors (Lipinski definition) is 1. The van der Waals surface area contributed by atoms with Gasteiger partial charge < -0.3 is 19.9 Å². The maximum absolute atomic E-state index is 6.20. The van der Waals surface area contributed by atoms with Crippen LogP contribution in [0.25, 0.3) is 0 Å². The molecule has 0 fully saturated rings. The Morgan fingerprint density at radius 3 is 2.76 bits per heavy atom. The van der Waals surface area contributed by atoms with Crippen LogP contribution in [-0.2, 0) is 4.74 Å². The van der Waals surface area contributed by atoms with E-state index in [2.05, 4.69) is 13.8 Å². The van der Waals surface area contributed by atoms with Crippen molar-refractivity contribution in [2.75, 3.05) is 20.0 Å². The Morgan fingerprint density at radius 2 is 2.00 bits per heavy atom. The van der Waals surface area contributed by atoms with Gasteiger partial charge in [0.25, 0.3) is 0 Å². The molecule has 1 aromatic carbocycles. The van der Waals surface area contributed by atoms with E-state index < -0.39 is 0 Å². The third-order valence-corrected chi connectivity index (χ3v) is 4.02. The average molecular weight is 293 g/mol. The summed E-state index contributed by atoms with van der Waals surface area (Å²) in [6.45, 7) is 6.09. The number of rotatable bonds is 9. The number of ether oxygens (including phenoxy) is 3.